The van der Waals surface area contributed by atoms with Crippen LogP contribution in [0.2, 0.25) is 0 Å². The van der Waals surface area contributed by atoms with Crippen LogP contribution in [0, 0.1) is 5.92 Å². The van der Waals surface area contributed by atoms with Gasteiger partial charge < -0.3 is 10.1 Å². The van der Waals surface area contributed by atoms with Crippen molar-refractivity contribution in [2.45, 2.75) is 26.3 Å². The molecule has 0 aliphatic rings. The van der Waals surface area contributed by atoms with E-state index >= 15 is 0 Å². The molecule has 0 aliphatic heterocycles. The SMILES string of the molecule is CNC(CC(C)C)C(=O)OC.Cl. The van der Waals surface area contributed by atoms with E-state index in [4.69, 9.17) is 0 Å². The second kappa shape index (κ2) is 7.37. The minimum Gasteiger partial charge on any atom is -0.468 e. The summed E-state index contributed by atoms with van der Waals surface area (Å²) < 4.78 is 4.60. The summed E-state index contributed by atoms with van der Waals surface area (Å²) in [5, 5.41) is 2.91. The number of methoxy groups -OCH3 is 1. The van der Waals surface area contributed by atoms with E-state index in [0.29, 0.717) is 5.92 Å². The summed E-state index contributed by atoms with van der Waals surface area (Å²) in [7, 11) is 3.18. The Labute approximate surface area is 80.3 Å². The zero-order valence-electron chi connectivity index (χ0n) is 8.09. The third kappa shape index (κ3) is 5.38. The molecule has 0 aliphatic carbocycles. The van der Waals surface area contributed by atoms with Gasteiger partial charge >= 0.3 is 5.97 Å². The highest BCUT2D eigenvalue weighted by Crippen LogP contribution is 2.04. The number of likely N-dealkylation sites (N-methyl/N-ethyl adjacent to an activating group) is 1. The number of halogens is 1. The second-order valence-electron chi connectivity index (χ2n) is 2.99. The van der Waals surface area contributed by atoms with Gasteiger partial charge in [-0.15, -0.1) is 12.4 Å². The van der Waals surface area contributed by atoms with E-state index in [-0.39, 0.29) is 24.4 Å². The first-order chi connectivity index (χ1) is 5.11. The molecule has 0 aromatic rings. The molecule has 0 aromatic heterocycles. The highest BCUT2D eigenvalue weighted by molar-refractivity contribution is 5.85. The summed E-state index contributed by atoms with van der Waals surface area (Å²) in [5.74, 6) is 0.327. The van der Waals surface area contributed by atoms with Crippen molar-refractivity contribution < 1.29 is 9.53 Å². The number of nitrogens with one attached hydrogen (secondary N) is 1. The molecule has 0 saturated carbocycles. The van der Waals surface area contributed by atoms with Crippen molar-refractivity contribution in [2.24, 2.45) is 5.92 Å². The lowest BCUT2D eigenvalue weighted by atomic mass is 10.0. The van der Waals surface area contributed by atoms with Crippen LogP contribution in [0.4, 0.5) is 0 Å². The monoisotopic (exact) mass is 195 g/mol. The fourth-order valence-electron chi connectivity index (χ4n) is 0.946. The molecule has 12 heavy (non-hydrogen) atoms. The minimum absolute atomic E-state index is 0. The van der Waals surface area contributed by atoms with E-state index < -0.39 is 0 Å². The maximum atomic E-state index is 11.0. The van der Waals surface area contributed by atoms with Gasteiger partial charge in [0.25, 0.3) is 0 Å². The third-order valence-electron chi connectivity index (χ3n) is 1.54. The number of carbonyl (C=O) groups excluding carboxylic acids is 1. The van der Waals surface area contributed by atoms with Gasteiger partial charge in [-0.1, -0.05) is 13.8 Å². The van der Waals surface area contributed by atoms with Crippen LogP contribution in [0.25, 0.3) is 0 Å². The van der Waals surface area contributed by atoms with Gasteiger partial charge in [0.15, 0.2) is 0 Å². The van der Waals surface area contributed by atoms with Gasteiger partial charge in [0.2, 0.25) is 0 Å². The minimum atomic E-state index is -0.179. The summed E-state index contributed by atoms with van der Waals surface area (Å²) in [6.45, 7) is 4.15. The lowest BCUT2D eigenvalue weighted by Gasteiger charge is -2.15. The molecule has 0 spiro atoms. The number of ether oxygens (including phenoxy) is 1. The van der Waals surface area contributed by atoms with E-state index in [9.17, 15) is 4.79 Å². The first kappa shape index (κ1) is 14.3. The van der Waals surface area contributed by atoms with E-state index in [2.05, 4.69) is 23.9 Å². The standard InChI is InChI=1S/C8H17NO2.ClH/c1-6(2)5-7(9-3)8(10)11-4;/h6-7,9H,5H2,1-4H3;1H. The van der Waals surface area contributed by atoms with Crippen molar-refractivity contribution in [3.05, 3.63) is 0 Å². The fourth-order valence-corrected chi connectivity index (χ4v) is 0.946. The Hall–Kier alpha value is -0.280. The van der Waals surface area contributed by atoms with Gasteiger partial charge in [0.05, 0.1) is 7.11 Å². The lowest BCUT2D eigenvalue weighted by Crippen LogP contribution is -2.36. The molecule has 0 radical (unpaired) electrons. The van der Waals surface area contributed by atoms with Crippen LogP contribution in [0.1, 0.15) is 20.3 Å². The molecule has 0 saturated heterocycles. The maximum Gasteiger partial charge on any atom is 0.322 e. The largest absolute Gasteiger partial charge is 0.468 e. The predicted molar refractivity (Wildman–Crippen MR) is 51.6 cm³/mol. The zero-order chi connectivity index (χ0) is 8.85. The van der Waals surface area contributed by atoms with Crippen molar-refractivity contribution in [1.29, 1.82) is 0 Å². The van der Waals surface area contributed by atoms with Crippen molar-refractivity contribution in [3.63, 3.8) is 0 Å². The number of esters is 1. The Morgan fingerprint density at radius 1 is 1.50 bits per heavy atom. The topological polar surface area (TPSA) is 38.3 Å². The predicted octanol–water partition coefficient (Wildman–Crippen LogP) is 1.22. The maximum absolute atomic E-state index is 11.0. The van der Waals surface area contributed by atoms with Gasteiger partial charge in [0, 0.05) is 0 Å². The van der Waals surface area contributed by atoms with Crippen LogP contribution >= 0.6 is 12.4 Å². The summed E-state index contributed by atoms with van der Waals surface area (Å²) >= 11 is 0. The second-order valence-corrected chi connectivity index (χ2v) is 2.99. The Balaban J connectivity index is 0. The Kier molecular flexibility index (Phi) is 8.76. The van der Waals surface area contributed by atoms with E-state index in [1.165, 1.54) is 7.11 Å². The first-order valence-electron chi connectivity index (χ1n) is 3.87. The number of rotatable bonds is 4. The highest BCUT2D eigenvalue weighted by atomic mass is 35.5. The molecule has 74 valence electrons. The van der Waals surface area contributed by atoms with Crippen molar-refractivity contribution in [1.82, 2.24) is 5.32 Å². The van der Waals surface area contributed by atoms with Crippen LogP contribution in [0.3, 0.4) is 0 Å². The van der Waals surface area contributed by atoms with Crippen LogP contribution < -0.4 is 5.32 Å². The molecule has 0 aromatic carbocycles. The third-order valence-corrected chi connectivity index (χ3v) is 1.54. The van der Waals surface area contributed by atoms with Gasteiger partial charge in [-0.2, -0.15) is 0 Å². The summed E-state index contributed by atoms with van der Waals surface area (Å²) in [6.07, 6.45) is 0.823. The molecular formula is C8H18ClNO2. The van der Waals surface area contributed by atoms with Crippen LogP contribution in [-0.4, -0.2) is 26.2 Å². The average molecular weight is 196 g/mol. The van der Waals surface area contributed by atoms with Gasteiger partial charge in [0.1, 0.15) is 6.04 Å². The van der Waals surface area contributed by atoms with Crippen molar-refractivity contribution in [2.75, 3.05) is 14.2 Å². The summed E-state index contributed by atoms with van der Waals surface area (Å²) in [6, 6.07) is -0.153. The number of hydrogen-bond acceptors (Lipinski definition) is 3. The summed E-state index contributed by atoms with van der Waals surface area (Å²) in [4.78, 5) is 11.0. The van der Waals surface area contributed by atoms with E-state index in [1.807, 2.05) is 0 Å². The molecule has 0 heterocycles. The molecule has 0 bridgehead atoms. The quantitative estimate of drug-likeness (QED) is 0.686. The summed E-state index contributed by atoms with van der Waals surface area (Å²) in [5.41, 5.74) is 0. The Morgan fingerprint density at radius 3 is 2.25 bits per heavy atom. The molecule has 1 unspecified atom stereocenters. The molecule has 3 nitrogen and oxygen atoms in total. The van der Waals surface area contributed by atoms with Crippen molar-refractivity contribution >= 4 is 18.4 Å². The Bertz CT molecular complexity index is 128. The number of carbonyl (C=O) groups is 1. The van der Waals surface area contributed by atoms with Crippen LogP contribution in [0.15, 0.2) is 0 Å². The highest BCUT2D eigenvalue weighted by Gasteiger charge is 2.17. The molecule has 1 N–H and O–H groups in total. The fraction of sp³-hybridized carbons (Fsp3) is 0.875. The smallest absolute Gasteiger partial charge is 0.322 e. The van der Waals surface area contributed by atoms with E-state index in [1.54, 1.807) is 7.05 Å². The van der Waals surface area contributed by atoms with Crippen LogP contribution in [-0.2, 0) is 9.53 Å². The molecule has 0 amide bonds. The number of hydrogen-bond donors (Lipinski definition) is 1. The molecule has 0 rings (SSSR count). The molecule has 1 atom stereocenters. The van der Waals surface area contributed by atoms with Crippen LogP contribution in [0.5, 0.6) is 0 Å². The average Bonchev–Trinajstić information content (AvgIpc) is 1.98. The molecule has 0 fully saturated rings. The lowest BCUT2D eigenvalue weighted by molar-refractivity contribution is -0.143. The van der Waals surface area contributed by atoms with Gasteiger partial charge in [-0.25, -0.2) is 0 Å². The van der Waals surface area contributed by atoms with Gasteiger partial charge in [-0.3, -0.25) is 4.79 Å². The molecule has 4 heteroatoms. The first-order valence-corrected chi connectivity index (χ1v) is 3.87. The Morgan fingerprint density at radius 2 is 2.00 bits per heavy atom. The van der Waals surface area contributed by atoms with Crippen molar-refractivity contribution in [3.8, 4) is 0 Å². The van der Waals surface area contributed by atoms with E-state index in [0.717, 1.165) is 6.42 Å². The molecular weight excluding hydrogens is 178 g/mol. The zero-order valence-corrected chi connectivity index (χ0v) is 8.90. The van der Waals surface area contributed by atoms with Gasteiger partial charge in [-0.05, 0) is 19.4 Å². The normalized spacial score (nSPS) is 12.1.